The van der Waals surface area contributed by atoms with Crippen LogP contribution in [0.4, 0.5) is 0 Å². The third kappa shape index (κ3) is 4.04. The lowest BCUT2D eigenvalue weighted by Gasteiger charge is -2.30. The van der Waals surface area contributed by atoms with E-state index in [1.165, 1.54) is 0 Å². The van der Waals surface area contributed by atoms with Crippen LogP contribution in [-0.4, -0.2) is 13.5 Å². The van der Waals surface area contributed by atoms with Crippen molar-refractivity contribution in [3.8, 4) is 0 Å². The van der Waals surface area contributed by atoms with E-state index >= 15 is 0 Å². The average molecular weight is 198 g/mol. The van der Waals surface area contributed by atoms with Crippen molar-refractivity contribution in [3.63, 3.8) is 0 Å². The molecule has 84 valence electrons. The van der Waals surface area contributed by atoms with Gasteiger partial charge < -0.3 is 4.65 Å². The highest BCUT2D eigenvalue weighted by Crippen LogP contribution is 2.32. The molecular formula is C12H27BO. The highest BCUT2D eigenvalue weighted by Gasteiger charge is 2.32. The Morgan fingerprint density at radius 1 is 0.857 bits per heavy atom. The van der Waals surface area contributed by atoms with Crippen molar-refractivity contribution in [1.82, 2.24) is 0 Å². The minimum Gasteiger partial charge on any atom is -0.436 e. The van der Waals surface area contributed by atoms with Gasteiger partial charge >= 0.3 is 0 Å². The Balaban J connectivity index is 4.41. The van der Waals surface area contributed by atoms with Crippen LogP contribution in [0, 0.1) is 11.8 Å². The fraction of sp³-hybridized carbons (Fsp3) is 1.00. The predicted octanol–water partition coefficient (Wildman–Crippen LogP) is 4.11. The van der Waals surface area contributed by atoms with E-state index in [2.05, 4.69) is 48.5 Å². The normalized spacial score (nSPS) is 16.1. The van der Waals surface area contributed by atoms with E-state index in [0.29, 0.717) is 30.4 Å². The fourth-order valence-corrected chi connectivity index (χ4v) is 1.73. The molecule has 14 heavy (non-hydrogen) atoms. The standard InChI is InChI=1S/C12H27BO/c1-8-14-13(11(6)9(2)3)12(7)10(4)5/h9-12H,8H2,1-7H3. The molecule has 2 heteroatoms. The van der Waals surface area contributed by atoms with Gasteiger partial charge in [-0.05, 0) is 30.4 Å². The van der Waals surface area contributed by atoms with Gasteiger partial charge in [-0.15, -0.1) is 0 Å². The summed E-state index contributed by atoms with van der Waals surface area (Å²) in [5, 5.41) is 0. The zero-order valence-corrected chi connectivity index (χ0v) is 11.0. The Hall–Kier alpha value is 0.0249. The second-order valence-corrected chi connectivity index (χ2v) is 5.13. The molecule has 1 nitrogen and oxygen atoms in total. The van der Waals surface area contributed by atoms with Crippen LogP contribution in [0.5, 0.6) is 0 Å². The van der Waals surface area contributed by atoms with E-state index in [9.17, 15) is 0 Å². The van der Waals surface area contributed by atoms with Gasteiger partial charge in [-0.25, -0.2) is 0 Å². The maximum absolute atomic E-state index is 5.89. The minimum absolute atomic E-state index is 0.417. The summed E-state index contributed by atoms with van der Waals surface area (Å²) in [4.78, 5) is 0. The topological polar surface area (TPSA) is 9.23 Å². The van der Waals surface area contributed by atoms with E-state index in [1.54, 1.807) is 0 Å². The maximum Gasteiger partial charge on any atom is 0.299 e. The zero-order valence-electron chi connectivity index (χ0n) is 11.0. The molecule has 0 aliphatic carbocycles. The molecule has 0 fully saturated rings. The van der Waals surface area contributed by atoms with Crippen molar-refractivity contribution >= 4 is 6.92 Å². The SMILES string of the molecule is CCOB(C(C)C(C)C)C(C)C(C)C. The summed E-state index contributed by atoms with van der Waals surface area (Å²) in [7, 11) is 0. The predicted molar refractivity (Wildman–Crippen MR) is 65.9 cm³/mol. The van der Waals surface area contributed by atoms with Crippen LogP contribution in [0.15, 0.2) is 0 Å². The first-order valence-corrected chi connectivity index (χ1v) is 6.03. The monoisotopic (exact) mass is 198 g/mol. The summed E-state index contributed by atoms with van der Waals surface area (Å²) >= 11 is 0. The molecule has 0 aliphatic rings. The van der Waals surface area contributed by atoms with Crippen molar-refractivity contribution in [2.24, 2.45) is 11.8 Å². The van der Waals surface area contributed by atoms with Crippen LogP contribution in [0.3, 0.4) is 0 Å². The molecule has 0 amide bonds. The van der Waals surface area contributed by atoms with E-state index in [4.69, 9.17) is 4.65 Å². The molecule has 0 rings (SSSR count). The number of hydrogen-bond donors (Lipinski definition) is 0. The molecule has 2 unspecified atom stereocenters. The Labute approximate surface area is 90.7 Å². The number of rotatable bonds is 6. The van der Waals surface area contributed by atoms with Crippen LogP contribution in [0.2, 0.25) is 11.6 Å². The van der Waals surface area contributed by atoms with Crippen molar-refractivity contribution in [1.29, 1.82) is 0 Å². The molecule has 0 bridgehead atoms. The second-order valence-electron chi connectivity index (χ2n) is 5.13. The summed E-state index contributed by atoms with van der Waals surface area (Å²) in [6, 6.07) is 0. The van der Waals surface area contributed by atoms with Gasteiger partial charge in [0, 0.05) is 6.61 Å². The van der Waals surface area contributed by atoms with E-state index < -0.39 is 0 Å². The van der Waals surface area contributed by atoms with Crippen LogP contribution in [0.25, 0.3) is 0 Å². The van der Waals surface area contributed by atoms with Crippen LogP contribution in [0.1, 0.15) is 48.5 Å². The minimum atomic E-state index is 0.417. The third-order valence-corrected chi connectivity index (χ3v) is 3.50. The molecule has 0 aromatic carbocycles. The Kier molecular flexibility index (Phi) is 6.51. The average Bonchev–Trinajstić information content (AvgIpc) is 2.11. The van der Waals surface area contributed by atoms with Crippen LogP contribution < -0.4 is 0 Å². The lowest BCUT2D eigenvalue weighted by molar-refractivity contribution is 0.308. The van der Waals surface area contributed by atoms with E-state index in [1.807, 2.05) is 0 Å². The van der Waals surface area contributed by atoms with Crippen molar-refractivity contribution < 1.29 is 4.65 Å². The van der Waals surface area contributed by atoms with E-state index in [-0.39, 0.29) is 0 Å². The third-order valence-electron chi connectivity index (χ3n) is 3.50. The van der Waals surface area contributed by atoms with E-state index in [0.717, 1.165) is 6.61 Å². The van der Waals surface area contributed by atoms with Crippen molar-refractivity contribution in [3.05, 3.63) is 0 Å². The summed E-state index contributed by atoms with van der Waals surface area (Å²) in [5.41, 5.74) is 0. The molecule has 0 aromatic rings. The molecule has 2 atom stereocenters. The van der Waals surface area contributed by atoms with Gasteiger partial charge in [-0.3, -0.25) is 0 Å². The second kappa shape index (κ2) is 6.50. The van der Waals surface area contributed by atoms with Gasteiger partial charge in [-0.2, -0.15) is 0 Å². The first-order valence-electron chi connectivity index (χ1n) is 6.03. The highest BCUT2D eigenvalue weighted by molar-refractivity contribution is 6.55. The van der Waals surface area contributed by atoms with Crippen molar-refractivity contribution in [2.75, 3.05) is 6.61 Å². The summed E-state index contributed by atoms with van der Waals surface area (Å²) in [6.07, 6.45) is 0. The molecule has 0 spiro atoms. The fourth-order valence-electron chi connectivity index (χ4n) is 1.73. The zero-order chi connectivity index (χ0) is 11.3. The summed E-state index contributed by atoms with van der Waals surface area (Å²) < 4.78 is 5.89. The smallest absolute Gasteiger partial charge is 0.299 e. The van der Waals surface area contributed by atoms with Crippen LogP contribution in [-0.2, 0) is 4.65 Å². The molecule has 0 aliphatic heterocycles. The van der Waals surface area contributed by atoms with Gasteiger partial charge in [0.05, 0.1) is 0 Å². The lowest BCUT2D eigenvalue weighted by atomic mass is 9.43. The summed E-state index contributed by atoms with van der Waals surface area (Å²) in [6.45, 7) is 17.1. The molecule has 0 heterocycles. The molecule has 0 N–H and O–H groups in total. The van der Waals surface area contributed by atoms with Crippen molar-refractivity contribution in [2.45, 2.75) is 60.1 Å². The van der Waals surface area contributed by atoms with Gasteiger partial charge in [-0.1, -0.05) is 41.5 Å². The van der Waals surface area contributed by atoms with Crippen LogP contribution >= 0.6 is 0 Å². The molecule has 0 saturated carbocycles. The Morgan fingerprint density at radius 2 is 1.21 bits per heavy atom. The summed E-state index contributed by atoms with van der Waals surface area (Å²) in [5.74, 6) is 2.69. The maximum atomic E-state index is 5.89. The Bertz CT molecular complexity index is 131. The first-order chi connectivity index (χ1) is 6.41. The molecule has 0 saturated heterocycles. The lowest BCUT2D eigenvalue weighted by Crippen LogP contribution is -2.33. The quantitative estimate of drug-likeness (QED) is 0.583. The van der Waals surface area contributed by atoms with Gasteiger partial charge in [0.15, 0.2) is 0 Å². The Morgan fingerprint density at radius 3 is 1.43 bits per heavy atom. The van der Waals surface area contributed by atoms with Gasteiger partial charge in [0.25, 0.3) is 6.92 Å². The first kappa shape index (κ1) is 14.0. The molecule has 0 aromatic heterocycles. The number of hydrogen-bond acceptors (Lipinski definition) is 1. The molecular weight excluding hydrogens is 171 g/mol. The van der Waals surface area contributed by atoms with Gasteiger partial charge in [0.2, 0.25) is 0 Å². The highest BCUT2D eigenvalue weighted by atomic mass is 16.4. The largest absolute Gasteiger partial charge is 0.436 e. The molecule has 0 radical (unpaired) electrons. The van der Waals surface area contributed by atoms with Gasteiger partial charge in [0.1, 0.15) is 0 Å².